The van der Waals surface area contributed by atoms with Gasteiger partial charge in [-0.3, -0.25) is 9.59 Å². The molecule has 0 spiro atoms. The first-order valence-corrected chi connectivity index (χ1v) is 10.4. The lowest BCUT2D eigenvalue weighted by molar-refractivity contribution is -0.135. The number of hydrogen-bond donors (Lipinski definition) is 0. The second-order valence-corrected chi connectivity index (χ2v) is 8.25. The third kappa shape index (κ3) is 3.67. The molecule has 0 atom stereocenters. The van der Waals surface area contributed by atoms with Crippen molar-refractivity contribution in [2.75, 3.05) is 13.2 Å². The summed E-state index contributed by atoms with van der Waals surface area (Å²) in [6.45, 7) is 4.43. The molecule has 7 nitrogen and oxygen atoms in total. The number of amides is 1. The lowest BCUT2D eigenvalue weighted by Gasteiger charge is -2.26. The zero-order valence-corrected chi connectivity index (χ0v) is 17.1. The van der Waals surface area contributed by atoms with Crippen molar-refractivity contribution >= 4 is 34.0 Å². The van der Waals surface area contributed by atoms with E-state index in [-0.39, 0.29) is 29.8 Å². The summed E-state index contributed by atoms with van der Waals surface area (Å²) in [5.74, 6) is -0.950. The predicted molar refractivity (Wildman–Crippen MR) is 110 cm³/mol. The van der Waals surface area contributed by atoms with Gasteiger partial charge >= 0.3 is 5.97 Å². The molecule has 0 unspecified atom stereocenters. The van der Waals surface area contributed by atoms with Gasteiger partial charge in [0.1, 0.15) is 0 Å². The summed E-state index contributed by atoms with van der Waals surface area (Å²) in [6.07, 6.45) is 0.818. The molecule has 8 heteroatoms. The molecule has 2 aromatic heterocycles. The van der Waals surface area contributed by atoms with E-state index in [1.54, 1.807) is 40.5 Å². The monoisotopic (exact) mass is 411 g/mol. The third-order valence-corrected chi connectivity index (χ3v) is 6.02. The Morgan fingerprint density at radius 2 is 1.97 bits per heavy atom. The maximum absolute atomic E-state index is 12.7. The second-order valence-electron chi connectivity index (χ2n) is 7.25. The number of thiophene rings is 1. The number of carbonyl (C=O) groups excluding carboxylic acids is 2. The molecule has 3 aromatic rings. The average molecular weight is 411 g/mol. The Bertz CT molecular complexity index is 1150. The van der Waals surface area contributed by atoms with Crippen LogP contribution in [0.15, 0.2) is 40.5 Å². The van der Waals surface area contributed by atoms with Gasteiger partial charge in [-0.2, -0.15) is 5.10 Å². The number of carbonyl (C=O) groups is 2. The minimum Gasteiger partial charge on any atom is -0.451 e. The summed E-state index contributed by atoms with van der Waals surface area (Å²) in [5.41, 5.74) is 0.932. The van der Waals surface area contributed by atoms with Gasteiger partial charge in [0.2, 0.25) is 0 Å². The topological polar surface area (TPSA) is 81.5 Å². The SMILES string of the molecule is CC(C)n1nc(C(=O)OCC(=O)N2CCc3sccc3C2)c2ccccc2c1=O. The Labute approximate surface area is 171 Å². The summed E-state index contributed by atoms with van der Waals surface area (Å²) in [7, 11) is 0. The van der Waals surface area contributed by atoms with Gasteiger partial charge < -0.3 is 9.64 Å². The van der Waals surface area contributed by atoms with Gasteiger partial charge in [-0.25, -0.2) is 9.48 Å². The van der Waals surface area contributed by atoms with Crippen LogP contribution >= 0.6 is 11.3 Å². The maximum Gasteiger partial charge on any atom is 0.359 e. The van der Waals surface area contributed by atoms with E-state index in [2.05, 4.69) is 5.10 Å². The molecular weight excluding hydrogens is 390 g/mol. The fourth-order valence-electron chi connectivity index (χ4n) is 3.46. The van der Waals surface area contributed by atoms with E-state index in [1.165, 1.54) is 9.56 Å². The maximum atomic E-state index is 12.7. The molecule has 0 bridgehead atoms. The summed E-state index contributed by atoms with van der Waals surface area (Å²) >= 11 is 1.70. The van der Waals surface area contributed by atoms with E-state index in [0.29, 0.717) is 23.9 Å². The molecule has 29 heavy (non-hydrogen) atoms. The van der Waals surface area contributed by atoms with E-state index in [4.69, 9.17) is 4.74 Å². The van der Waals surface area contributed by atoms with Crippen LogP contribution in [0.5, 0.6) is 0 Å². The minimum absolute atomic E-state index is 0.0421. The molecule has 1 aliphatic rings. The number of nitrogens with zero attached hydrogens (tertiary/aromatic N) is 3. The highest BCUT2D eigenvalue weighted by Gasteiger charge is 2.24. The number of esters is 1. The number of ether oxygens (including phenoxy) is 1. The number of hydrogen-bond acceptors (Lipinski definition) is 6. The summed E-state index contributed by atoms with van der Waals surface area (Å²) in [6, 6.07) is 8.60. The van der Waals surface area contributed by atoms with E-state index in [0.717, 1.165) is 12.0 Å². The normalized spacial score (nSPS) is 13.6. The highest BCUT2D eigenvalue weighted by atomic mass is 32.1. The van der Waals surface area contributed by atoms with Gasteiger partial charge in [0, 0.05) is 23.4 Å². The number of benzene rings is 1. The summed E-state index contributed by atoms with van der Waals surface area (Å²) in [4.78, 5) is 40.8. The van der Waals surface area contributed by atoms with E-state index in [1.807, 2.05) is 25.3 Å². The lowest BCUT2D eigenvalue weighted by Crippen LogP contribution is -2.38. The van der Waals surface area contributed by atoms with Gasteiger partial charge in [-0.1, -0.05) is 18.2 Å². The number of fused-ring (bicyclic) bond motifs is 2. The largest absolute Gasteiger partial charge is 0.451 e. The highest BCUT2D eigenvalue weighted by Crippen LogP contribution is 2.24. The zero-order chi connectivity index (χ0) is 20.5. The van der Waals surface area contributed by atoms with Crippen molar-refractivity contribution in [2.24, 2.45) is 0 Å². The van der Waals surface area contributed by atoms with Gasteiger partial charge in [0.25, 0.3) is 11.5 Å². The highest BCUT2D eigenvalue weighted by molar-refractivity contribution is 7.10. The predicted octanol–water partition coefficient (Wildman–Crippen LogP) is 2.78. The fourth-order valence-corrected chi connectivity index (χ4v) is 4.35. The number of aromatic nitrogens is 2. The molecule has 1 aromatic carbocycles. The van der Waals surface area contributed by atoms with Crippen LogP contribution in [0.4, 0.5) is 0 Å². The van der Waals surface area contributed by atoms with Crippen molar-refractivity contribution in [1.29, 1.82) is 0 Å². The lowest BCUT2D eigenvalue weighted by atomic mass is 10.1. The van der Waals surface area contributed by atoms with Crippen LogP contribution in [0.1, 0.15) is 40.8 Å². The van der Waals surface area contributed by atoms with Crippen molar-refractivity contribution in [2.45, 2.75) is 32.9 Å². The van der Waals surface area contributed by atoms with Crippen molar-refractivity contribution in [3.63, 3.8) is 0 Å². The van der Waals surface area contributed by atoms with Crippen LogP contribution in [-0.2, 0) is 22.5 Å². The molecule has 0 radical (unpaired) electrons. The van der Waals surface area contributed by atoms with Crippen molar-refractivity contribution < 1.29 is 14.3 Å². The molecule has 0 saturated carbocycles. The summed E-state index contributed by atoms with van der Waals surface area (Å²) < 4.78 is 6.56. The van der Waals surface area contributed by atoms with Crippen LogP contribution in [-0.4, -0.2) is 39.7 Å². The van der Waals surface area contributed by atoms with Gasteiger partial charge in [0.15, 0.2) is 12.3 Å². The molecule has 0 saturated heterocycles. The molecule has 150 valence electrons. The van der Waals surface area contributed by atoms with Crippen molar-refractivity contribution in [3.05, 3.63) is 62.2 Å². The van der Waals surface area contributed by atoms with Crippen LogP contribution < -0.4 is 5.56 Å². The molecule has 0 fully saturated rings. The second kappa shape index (κ2) is 7.79. The van der Waals surface area contributed by atoms with Crippen LogP contribution in [0, 0.1) is 0 Å². The third-order valence-electron chi connectivity index (χ3n) is 5.00. The van der Waals surface area contributed by atoms with Crippen molar-refractivity contribution in [3.8, 4) is 0 Å². The molecule has 1 amide bonds. The fraction of sp³-hybridized carbons (Fsp3) is 0.333. The Balaban J connectivity index is 1.53. The first-order valence-electron chi connectivity index (χ1n) is 9.47. The molecule has 1 aliphatic heterocycles. The first-order chi connectivity index (χ1) is 14.0. The van der Waals surface area contributed by atoms with Crippen molar-refractivity contribution in [1.82, 2.24) is 14.7 Å². The van der Waals surface area contributed by atoms with E-state index >= 15 is 0 Å². The molecule has 3 heterocycles. The average Bonchev–Trinajstić information content (AvgIpc) is 3.20. The standard InChI is InChI=1S/C21H21N3O4S/c1-13(2)24-20(26)16-6-4-3-5-15(16)19(22-24)21(27)28-12-18(25)23-9-7-17-14(11-23)8-10-29-17/h3-6,8,10,13H,7,9,11-12H2,1-2H3. The molecular formula is C21H21N3O4S. The Morgan fingerprint density at radius 3 is 2.72 bits per heavy atom. The number of rotatable bonds is 4. The zero-order valence-electron chi connectivity index (χ0n) is 16.3. The molecule has 4 rings (SSSR count). The van der Waals surface area contributed by atoms with Crippen LogP contribution in [0.2, 0.25) is 0 Å². The van der Waals surface area contributed by atoms with E-state index < -0.39 is 5.97 Å². The molecule has 0 aliphatic carbocycles. The summed E-state index contributed by atoms with van der Waals surface area (Å²) in [5, 5.41) is 7.07. The Morgan fingerprint density at radius 1 is 1.21 bits per heavy atom. The minimum atomic E-state index is -0.711. The van der Waals surface area contributed by atoms with Gasteiger partial charge in [-0.05, 0) is 43.3 Å². The first kappa shape index (κ1) is 19.3. The Kier molecular flexibility index (Phi) is 5.19. The van der Waals surface area contributed by atoms with Crippen LogP contribution in [0.3, 0.4) is 0 Å². The molecule has 0 N–H and O–H groups in total. The van der Waals surface area contributed by atoms with Gasteiger partial charge in [-0.15, -0.1) is 11.3 Å². The Hall–Kier alpha value is -3.00. The quantitative estimate of drug-likeness (QED) is 0.617. The van der Waals surface area contributed by atoms with E-state index in [9.17, 15) is 14.4 Å². The smallest absolute Gasteiger partial charge is 0.359 e. The van der Waals surface area contributed by atoms with Gasteiger partial charge in [0.05, 0.1) is 11.4 Å². The van der Waals surface area contributed by atoms with Crippen LogP contribution in [0.25, 0.3) is 10.8 Å².